The number of unbranched alkanes of at least 4 members (excludes halogenated alkanes) is 4. The molecule has 0 aromatic rings. The number of hydrogen-bond donors (Lipinski definition) is 0. The highest BCUT2D eigenvalue weighted by Gasteiger charge is 2.36. The van der Waals surface area contributed by atoms with Crippen LogP contribution < -0.4 is 0 Å². The fourth-order valence-electron chi connectivity index (χ4n) is 2.86. The molecule has 0 fully saturated rings. The Morgan fingerprint density at radius 1 is 0.577 bits per heavy atom. The Hall–Kier alpha value is -1.58. The molecule has 4 heteroatoms. The van der Waals surface area contributed by atoms with E-state index in [4.69, 9.17) is 9.47 Å². The summed E-state index contributed by atoms with van der Waals surface area (Å²) in [5, 5.41) is 0. The Morgan fingerprint density at radius 2 is 0.923 bits per heavy atom. The number of ether oxygens (including phenoxy) is 2. The van der Waals surface area contributed by atoms with Crippen LogP contribution in [-0.2, 0) is 19.1 Å². The molecule has 1 aliphatic carbocycles. The first-order valence-corrected chi connectivity index (χ1v) is 10.4. The fraction of sp³-hybridized carbons (Fsp3) is 0.727. The van der Waals surface area contributed by atoms with Crippen molar-refractivity contribution in [2.24, 2.45) is 0 Å². The minimum absolute atomic E-state index is 0.390. The topological polar surface area (TPSA) is 52.6 Å². The minimum Gasteiger partial charge on any atom is -0.489 e. The number of hydrogen-bond acceptors (Lipinski definition) is 4. The van der Waals surface area contributed by atoms with Gasteiger partial charge in [-0.3, -0.25) is 9.59 Å². The molecule has 0 N–H and O–H groups in total. The largest absolute Gasteiger partial charge is 0.489 e. The van der Waals surface area contributed by atoms with Crippen LogP contribution in [-0.4, -0.2) is 24.8 Å². The van der Waals surface area contributed by atoms with Gasteiger partial charge in [-0.1, -0.05) is 53.4 Å². The second-order valence-corrected chi connectivity index (χ2v) is 6.88. The molecule has 0 bridgehead atoms. The van der Waals surface area contributed by atoms with E-state index in [-0.39, 0.29) is 11.6 Å². The third kappa shape index (κ3) is 6.30. The summed E-state index contributed by atoms with van der Waals surface area (Å²) in [5.74, 6) is 0.301. The zero-order chi connectivity index (χ0) is 19.4. The molecule has 0 radical (unpaired) electrons. The Labute approximate surface area is 159 Å². The molecule has 0 aromatic heterocycles. The normalized spacial score (nSPS) is 15.1. The Balaban J connectivity index is 3.28. The molecule has 0 unspecified atom stereocenters. The summed E-state index contributed by atoms with van der Waals surface area (Å²) in [5.41, 5.74) is 1.03. The SMILES string of the molecule is CCCCOC1=C(CCCC)C(=O)C(=O)C(CCCC)=C1OCCCC. The summed E-state index contributed by atoms with van der Waals surface area (Å²) in [6.45, 7) is 9.46. The van der Waals surface area contributed by atoms with Crippen LogP contribution in [0.1, 0.15) is 91.9 Å². The molecule has 4 nitrogen and oxygen atoms in total. The van der Waals surface area contributed by atoms with Crippen molar-refractivity contribution in [3.8, 4) is 0 Å². The molecular formula is C22H36O4. The summed E-state index contributed by atoms with van der Waals surface area (Å²) >= 11 is 0. The molecule has 1 aliphatic rings. The molecule has 1 rings (SSSR count). The van der Waals surface area contributed by atoms with E-state index in [2.05, 4.69) is 27.7 Å². The summed E-state index contributed by atoms with van der Waals surface area (Å²) in [4.78, 5) is 25.5. The lowest BCUT2D eigenvalue weighted by Gasteiger charge is -2.25. The predicted molar refractivity (Wildman–Crippen MR) is 105 cm³/mol. The molecule has 0 spiro atoms. The first-order chi connectivity index (χ1) is 12.6. The second-order valence-electron chi connectivity index (χ2n) is 6.88. The van der Waals surface area contributed by atoms with Crippen molar-refractivity contribution in [1.82, 2.24) is 0 Å². The molecule has 0 atom stereocenters. The molecule has 0 aromatic carbocycles. The van der Waals surface area contributed by atoms with Crippen LogP contribution in [0.2, 0.25) is 0 Å². The lowest BCUT2D eigenvalue weighted by molar-refractivity contribution is -0.133. The molecule has 0 aliphatic heterocycles. The van der Waals surface area contributed by atoms with Crippen LogP contribution in [0.4, 0.5) is 0 Å². The van der Waals surface area contributed by atoms with Gasteiger partial charge >= 0.3 is 0 Å². The second kappa shape index (κ2) is 12.7. The molecule has 148 valence electrons. The first-order valence-electron chi connectivity index (χ1n) is 10.4. The van der Waals surface area contributed by atoms with Crippen LogP contribution in [0.15, 0.2) is 22.7 Å². The first kappa shape index (κ1) is 22.5. The van der Waals surface area contributed by atoms with Crippen LogP contribution >= 0.6 is 0 Å². The van der Waals surface area contributed by atoms with Crippen molar-refractivity contribution in [3.05, 3.63) is 22.7 Å². The number of rotatable bonds is 14. The van der Waals surface area contributed by atoms with Crippen molar-refractivity contribution in [2.45, 2.75) is 91.9 Å². The number of ketones is 2. The lowest BCUT2D eigenvalue weighted by Crippen LogP contribution is -2.28. The van der Waals surface area contributed by atoms with Crippen molar-refractivity contribution in [1.29, 1.82) is 0 Å². The van der Waals surface area contributed by atoms with Crippen LogP contribution in [0.5, 0.6) is 0 Å². The van der Waals surface area contributed by atoms with Gasteiger partial charge in [0.2, 0.25) is 11.6 Å². The van der Waals surface area contributed by atoms with Gasteiger partial charge in [-0.05, 0) is 38.5 Å². The van der Waals surface area contributed by atoms with E-state index in [1.165, 1.54) is 0 Å². The third-order valence-corrected chi connectivity index (χ3v) is 4.56. The zero-order valence-electron chi connectivity index (χ0n) is 17.1. The molecular weight excluding hydrogens is 328 g/mol. The van der Waals surface area contributed by atoms with Crippen LogP contribution in [0, 0.1) is 0 Å². The van der Waals surface area contributed by atoms with E-state index in [0.29, 0.717) is 48.7 Å². The van der Waals surface area contributed by atoms with Crippen molar-refractivity contribution in [3.63, 3.8) is 0 Å². The van der Waals surface area contributed by atoms with E-state index < -0.39 is 0 Å². The molecule has 0 amide bonds. The smallest absolute Gasteiger partial charge is 0.233 e. The molecule has 0 saturated heterocycles. The molecule has 0 heterocycles. The van der Waals surface area contributed by atoms with Crippen molar-refractivity contribution >= 4 is 11.6 Å². The third-order valence-electron chi connectivity index (χ3n) is 4.56. The monoisotopic (exact) mass is 364 g/mol. The average molecular weight is 365 g/mol. The van der Waals surface area contributed by atoms with Gasteiger partial charge in [0.15, 0.2) is 11.5 Å². The Bertz CT molecular complexity index is 480. The lowest BCUT2D eigenvalue weighted by atomic mass is 9.87. The number of Topliss-reactive ketones (excluding diaryl/α,β-unsaturated/α-hetero) is 2. The maximum absolute atomic E-state index is 12.7. The van der Waals surface area contributed by atoms with E-state index in [9.17, 15) is 9.59 Å². The quantitative estimate of drug-likeness (QED) is 0.227. The van der Waals surface area contributed by atoms with Gasteiger partial charge in [-0.15, -0.1) is 0 Å². The van der Waals surface area contributed by atoms with E-state index in [1.807, 2.05) is 0 Å². The van der Waals surface area contributed by atoms with Gasteiger partial charge in [0.05, 0.1) is 13.2 Å². The maximum atomic E-state index is 12.7. The summed E-state index contributed by atoms with van der Waals surface area (Å²) in [7, 11) is 0. The fourth-order valence-corrected chi connectivity index (χ4v) is 2.86. The predicted octanol–water partition coefficient (Wildman–Crippen LogP) is 5.66. The Kier molecular flexibility index (Phi) is 11.0. The minimum atomic E-state index is -0.390. The maximum Gasteiger partial charge on any atom is 0.233 e. The number of allylic oxidation sites excluding steroid dienone is 2. The number of carbonyl (C=O) groups excluding carboxylic acids is 2. The summed E-state index contributed by atoms with van der Waals surface area (Å²) in [6.07, 6.45) is 8.67. The van der Waals surface area contributed by atoms with Crippen LogP contribution in [0.3, 0.4) is 0 Å². The van der Waals surface area contributed by atoms with Crippen LogP contribution in [0.25, 0.3) is 0 Å². The highest BCUT2D eigenvalue weighted by Crippen LogP contribution is 2.33. The zero-order valence-corrected chi connectivity index (χ0v) is 17.1. The highest BCUT2D eigenvalue weighted by molar-refractivity contribution is 6.50. The van der Waals surface area contributed by atoms with E-state index >= 15 is 0 Å². The van der Waals surface area contributed by atoms with Crippen molar-refractivity contribution in [2.75, 3.05) is 13.2 Å². The summed E-state index contributed by atoms with van der Waals surface area (Å²) in [6, 6.07) is 0. The highest BCUT2D eigenvalue weighted by atomic mass is 16.5. The molecule has 26 heavy (non-hydrogen) atoms. The van der Waals surface area contributed by atoms with Gasteiger partial charge in [-0.2, -0.15) is 0 Å². The van der Waals surface area contributed by atoms with Gasteiger partial charge in [0, 0.05) is 11.1 Å². The van der Waals surface area contributed by atoms with E-state index in [1.54, 1.807) is 0 Å². The van der Waals surface area contributed by atoms with Crippen molar-refractivity contribution < 1.29 is 19.1 Å². The van der Waals surface area contributed by atoms with Gasteiger partial charge in [0.1, 0.15) is 0 Å². The standard InChI is InChI=1S/C22H36O4/c1-5-9-13-17-19(23)20(24)18(14-10-6-2)22(26-16-12-8-4)21(17)25-15-11-7-3/h5-16H2,1-4H3. The van der Waals surface area contributed by atoms with Gasteiger partial charge in [-0.25, -0.2) is 0 Å². The molecule has 0 saturated carbocycles. The van der Waals surface area contributed by atoms with Gasteiger partial charge < -0.3 is 9.47 Å². The van der Waals surface area contributed by atoms with Gasteiger partial charge in [0.25, 0.3) is 0 Å². The Morgan fingerprint density at radius 3 is 1.23 bits per heavy atom. The number of carbonyl (C=O) groups is 2. The average Bonchev–Trinajstić information content (AvgIpc) is 2.64. The summed E-state index contributed by atoms with van der Waals surface area (Å²) < 4.78 is 12.1. The van der Waals surface area contributed by atoms with E-state index in [0.717, 1.165) is 51.4 Å².